The van der Waals surface area contributed by atoms with E-state index < -0.39 is 0 Å². The highest BCUT2D eigenvalue weighted by molar-refractivity contribution is 7.25. The van der Waals surface area contributed by atoms with Crippen LogP contribution in [0.25, 0.3) is 63.9 Å². The second-order valence-electron chi connectivity index (χ2n) is 10.7. The number of hydrogen-bond acceptors (Lipinski definition) is 2. The molecule has 3 aromatic heterocycles. The fraction of sp³-hybridized carbons (Fsp3) is 0.0278. The normalized spacial score (nSPS) is 16.4. The third-order valence-corrected chi connectivity index (χ3v) is 9.83. The lowest BCUT2D eigenvalue weighted by molar-refractivity contribution is 0.667. The minimum Gasteiger partial charge on any atom is -0.454 e. The number of para-hydroxylation sites is 2. The van der Waals surface area contributed by atoms with Crippen molar-refractivity contribution in [1.82, 2.24) is 9.14 Å². The number of aromatic nitrogens is 1. The van der Waals surface area contributed by atoms with Gasteiger partial charge in [-0.15, -0.1) is 11.3 Å². The average Bonchev–Trinajstić information content (AvgIpc) is 3.67. The first-order valence-corrected chi connectivity index (χ1v) is 14.5. The molecule has 8 aromatic rings. The summed E-state index contributed by atoms with van der Waals surface area (Å²) in [6, 6.07) is 35.3. The quantitative estimate of drug-likeness (QED) is 0.194. The van der Waals surface area contributed by atoms with Crippen molar-refractivity contribution in [2.75, 3.05) is 0 Å². The van der Waals surface area contributed by atoms with Crippen LogP contribution in [0.2, 0.25) is 0 Å². The molecule has 0 amide bonds. The van der Waals surface area contributed by atoms with Gasteiger partial charge in [-0.25, -0.2) is 0 Å². The minimum absolute atomic E-state index is 0.0497. The highest BCUT2D eigenvalue weighted by Crippen LogP contribution is 2.47. The monoisotopic (exact) mass is 529 g/mol. The van der Waals surface area contributed by atoms with Crippen LogP contribution in [0.3, 0.4) is 0 Å². The van der Waals surface area contributed by atoms with Gasteiger partial charge in [-0.05, 0) is 24.3 Å². The number of fused-ring (bicyclic) bond motifs is 12. The third-order valence-electron chi connectivity index (χ3n) is 8.68. The summed E-state index contributed by atoms with van der Waals surface area (Å²) in [5, 5.41) is 7.44. The summed E-state index contributed by atoms with van der Waals surface area (Å²) < 4.78 is 14.2. The Kier molecular flexibility index (Phi) is 3.87. The van der Waals surface area contributed by atoms with Crippen molar-refractivity contribution < 1.29 is 4.42 Å². The maximum absolute atomic E-state index is 6.59. The number of allylic oxidation sites excluding steroid dienone is 4. The number of nitrogens with zero attached hydrogens (tertiary/aromatic N) is 2. The molecule has 1 atom stereocenters. The summed E-state index contributed by atoms with van der Waals surface area (Å²) in [4.78, 5) is 0. The average molecular weight is 530 g/mol. The van der Waals surface area contributed by atoms with Crippen LogP contribution in [0.4, 0.5) is 11.4 Å². The Bertz CT molecular complexity index is 2500. The zero-order valence-electron chi connectivity index (χ0n) is 21.3. The molecule has 186 valence electrons. The molecule has 0 bridgehead atoms. The molecule has 1 aliphatic heterocycles. The van der Waals surface area contributed by atoms with Gasteiger partial charge in [0.15, 0.2) is 5.58 Å². The Labute approximate surface area is 232 Å². The van der Waals surface area contributed by atoms with Gasteiger partial charge in [0.05, 0.1) is 5.52 Å². The van der Waals surface area contributed by atoms with Crippen LogP contribution in [0.1, 0.15) is 6.04 Å². The van der Waals surface area contributed by atoms with Crippen molar-refractivity contribution in [2.24, 2.45) is 0 Å². The molecule has 0 fully saturated rings. The summed E-state index contributed by atoms with van der Waals surface area (Å²) >= 11 is 1.86. The third kappa shape index (κ3) is 2.52. The molecule has 4 heterocycles. The maximum atomic E-state index is 6.59. The molecule has 2 aliphatic rings. The van der Waals surface area contributed by atoms with Crippen LogP contribution in [-0.4, -0.2) is 10.3 Å². The Hall–Kier alpha value is -4.93. The smallest absolute Gasteiger partial charge is 0.235 e. The van der Waals surface area contributed by atoms with Gasteiger partial charge >= 0.3 is 0 Å². The second kappa shape index (κ2) is 7.38. The number of benzene rings is 5. The van der Waals surface area contributed by atoms with Gasteiger partial charge in [0.2, 0.25) is 17.1 Å². The zero-order valence-corrected chi connectivity index (χ0v) is 22.2. The van der Waals surface area contributed by atoms with Crippen molar-refractivity contribution in [1.29, 1.82) is 0 Å². The van der Waals surface area contributed by atoms with E-state index in [1.54, 1.807) is 0 Å². The molecule has 5 aromatic carbocycles. The van der Waals surface area contributed by atoms with E-state index in [9.17, 15) is 0 Å². The molecule has 1 unspecified atom stereocenters. The van der Waals surface area contributed by atoms with Crippen molar-refractivity contribution in [3.8, 4) is 0 Å². The van der Waals surface area contributed by atoms with Crippen molar-refractivity contribution in [3.05, 3.63) is 121 Å². The topological polar surface area (TPSA) is 21.1 Å². The molecule has 40 heavy (non-hydrogen) atoms. The fourth-order valence-electron chi connectivity index (χ4n) is 7.03. The molecule has 0 radical (unpaired) electrons. The summed E-state index contributed by atoms with van der Waals surface area (Å²) in [5.41, 5.74) is 7.93. The van der Waals surface area contributed by atoms with E-state index in [4.69, 9.17) is 4.42 Å². The lowest BCUT2D eigenvalue weighted by atomic mass is 10.0. The first-order chi connectivity index (χ1) is 19.8. The van der Waals surface area contributed by atoms with E-state index in [1.165, 1.54) is 53.5 Å². The number of thiophene rings is 1. The Morgan fingerprint density at radius 2 is 1.45 bits per heavy atom. The van der Waals surface area contributed by atoms with E-state index in [0.717, 1.165) is 27.5 Å². The predicted octanol–water partition coefficient (Wildman–Crippen LogP) is 10.0. The fourth-order valence-corrected chi connectivity index (χ4v) is 8.12. The molecule has 0 saturated carbocycles. The van der Waals surface area contributed by atoms with Gasteiger partial charge in [-0.1, -0.05) is 72.8 Å². The molecule has 1 aliphatic carbocycles. The maximum Gasteiger partial charge on any atom is 0.235 e. The van der Waals surface area contributed by atoms with Gasteiger partial charge in [0.1, 0.15) is 17.1 Å². The molecule has 3 nitrogen and oxygen atoms in total. The SMILES string of the molecule is C1=CC2=[N+](c3ccc4sc5ccccc5c4c3)c3cccc4c5ccc6c7ccccc7oc6c5n(c34)C2C=C1. The lowest BCUT2D eigenvalue weighted by Crippen LogP contribution is -2.30. The Morgan fingerprint density at radius 3 is 2.42 bits per heavy atom. The van der Waals surface area contributed by atoms with Crippen LogP contribution in [-0.2, 0) is 0 Å². The second-order valence-corrected chi connectivity index (χ2v) is 11.8. The molecule has 0 N–H and O–H groups in total. The van der Waals surface area contributed by atoms with Gasteiger partial charge in [-0.3, -0.25) is 0 Å². The largest absolute Gasteiger partial charge is 0.454 e. The molecule has 4 heteroatoms. The molecular formula is C36H21N2OS+. The van der Waals surface area contributed by atoms with Gasteiger partial charge in [0.25, 0.3) is 0 Å². The number of furan rings is 1. The van der Waals surface area contributed by atoms with E-state index in [2.05, 4.69) is 124 Å². The van der Waals surface area contributed by atoms with Crippen LogP contribution < -0.4 is 4.58 Å². The standard InChI is InChI=1S/C36H21N2OS/c1-5-14-31-22(8-1)26-18-17-25-24-10-7-13-30-34(24)38(35(25)36(26)39-31)29-12-4-3-11-28(29)37(30)21-16-19-33-27(20-21)23-9-2-6-15-32(23)40-33/h1-20,29H/q+1. The van der Waals surface area contributed by atoms with Crippen molar-refractivity contribution in [2.45, 2.75) is 6.04 Å². The molecule has 0 spiro atoms. The summed E-state index contributed by atoms with van der Waals surface area (Å²) in [7, 11) is 0. The van der Waals surface area contributed by atoms with Crippen molar-refractivity contribution in [3.63, 3.8) is 0 Å². The minimum atomic E-state index is 0.0497. The summed E-state index contributed by atoms with van der Waals surface area (Å²) in [6.45, 7) is 0. The molecule has 10 rings (SSSR count). The number of rotatable bonds is 1. The van der Waals surface area contributed by atoms with E-state index >= 15 is 0 Å². The summed E-state index contributed by atoms with van der Waals surface area (Å²) in [6.07, 6.45) is 8.92. The van der Waals surface area contributed by atoms with Crippen LogP contribution in [0.15, 0.2) is 126 Å². The van der Waals surface area contributed by atoms with Gasteiger partial charge in [0, 0.05) is 66.0 Å². The highest BCUT2D eigenvalue weighted by atomic mass is 32.1. The zero-order chi connectivity index (χ0) is 25.9. The van der Waals surface area contributed by atoms with Crippen LogP contribution >= 0.6 is 11.3 Å². The first kappa shape index (κ1) is 21.0. The van der Waals surface area contributed by atoms with Crippen LogP contribution in [0, 0.1) is 0 Å². The molecular weight excluding hydrogens is 508 g/mol. The first-order valence-electron chi connectivity index (χ1n) is 13.7. The van der Waals surface area contributed by atoms with Crippen LogP contribution in [0.5, 0.6) is 0 Å². The van der Waals surface area contributed by atoms with Gasteiger partial charge in [-0.2, -0.15) is 4.58 Å². The Balaban J connectivity index is 1.34. The highest BCUT2D eigenvalue weighted by Gasteiger charge is 2.38. The molecule has 0 saturated heterocycles. The van der Waals surface area contributed by atoms with Crippen molar-refractivity contribution >= 4 is 92.3 Å². The lowest BCUT2D eigenvalue weighted by Gasteiger charge is -2.24. The van der Waals surface area contributed by atoms with E-state index in [-0.39, 0.29) is 6.04 Å². The predicted molar refractivity (Wildman–Crippen MR) is 170 cm³/mol. The number of hydrogen-bond donors (Lipinski definition) is 0. The van der Waals surface area contributed by atoms with E-state index in [1.807, 2.05) is 17.4 Å². The van der Waals surface area contributed by atoms with Gasteiger partial charge < -0.3 is 8.98 Å². The summed E-state index contributed by atoms with van der Waals surface area (Å²) in [5.74, 6) is 0. The van der Waals surface area contributed by atoms with E-state index in [0.29, 0.717) is 0 Å². The Morgan fingerprint density at radius 1 is 0.650 bits per heavy atom.